The Morgan fingerprint density at radius 1 is 1.04 bits per heavy atom. The van der Waals surface area contributed by atoms with E-state index in [2.05, 4.69) is 26.3 Å². The molecule has 0 aliphatic carbocycles. The molecule has 0 aliphatic rings. The second-order valence-electron chi connectivity index (χ2n) is 6.11. The molecule has 0 bridgehead atoms. The highest BCUT2D eigenvalue weighted by atomic mass is 32.2. The fourth-order valence-electron chi connectivity index (χ4n) is 2.75. The number of aryl methyl sites for hydroxylation is 1. The maximum absolute atomic E-state index is 11.6. The molecule has 0 amide bonds. The van der Waals surface area contributed by atoms with E-state index in [0.29, 0.717) is 5.82 Å². The van der Waals surface area contributed by atoms with Gasteiger partial charge in [-0.1, -0.05) is 6.07 Å². The van der Waals surface area contributed by atoms with Gasteiger partial charge in [-0.15, -0.1) is 11.3 Å². The van der Waals surface area contributed by atoms with Crippen LogP contribution in [0.1, 0.15) is 5.69 Å². The SMILES string of the molecule is Cc1ncccc1-c1cc2c(Nc3ccc(S(C)(=O)=O)cc3)ncnc2s1. The first-order valence-corrected chi connectivity index (χ1v) is 10.9. The summed E-state index contributed by atoms with van der Waals surface area (Å²) in [7, 11) is -3.22. The van der Waals surface area contributed by atoms with Crippen molar-refractivity contribution in [3.05, 3.63) is 60.7 Å². The number of aromatic nitrogens is 3. The fraction of sp³-hybridized carbons (Fsp3) is 0.105. The van der Waals surface area contributed by atoms with Gasteiger partial charge >= 0.3 is 0 Å². The maximum atomic E-state index is 11.6. The standard InChI is InChI=1S/C19H16N4O2S2/c1-12-15(4-3-9-20-12)17-10-16-18(21-11-22-19(16)26-17)23-13-5-7-14(8-6-13)27(2,24)25/h3-11H,1-2H3,(H,21,22,23). The van der Waals surface area contributed by atoms with Crippen LogP contribution in [-0.2, 0) is 9.84 Å². The summed E-state index contributed by atoms with van der Waals surface area (Å²) < 4.78 is 23.2. The number of sulfone groups is 1. The van der Waals surface area contributed by atoms with E-state index >= 15 is 0 Å². The molecule has 136 valence electrons. The Labute approximate surface area is 160 Å². The van der Waals surface area contributed by atoms with Crippen molar-refractivity contribution in [1.29, 1.82) is 0 Å². The van der Waals surface area contributed by atoms with E-state index in [9.17, 15) is 8.42 Å². The summed E-state index contributed by atoms with van der Waals surface area (Å²) in [5, 5.41) is 4.16. The lowest BCUT2D eigenvalue weighted by atomic mass is 10.1. The van der Waals surface area contributed by atoms with Gasteiger partial charge in [0.2, 0.25) is 0 Å². The third kappa shape index (κ3) is 3.54. The predicted octanol–water partition coefficient (Wildman–Crippen LogP) is 4.21. The number of benzene rings is 1. The lowest BCUT2D eigenvalue weighted by molar-refractivity contribution is 0.602. The number of nitrogens with zero attached hydrogens (tertiary/aromatic N) is 3. The number of hydrogen-bond acceptors (Lipinski definition) is 7. The molecule has 0 fully saturated rings. The molecule has 4 rings (SSSR count). The number of pyridine rings is 1. The van der Waals surface area contributed by atoms with Gasteiger partial charge in [0.05, 0.1) is 10.3 Å². The number of anilines is 2. The predicted molar refractivity (Wildman–Crippen MR) is 108 cm³/mol. The van der Waals surface area contributed by atoms with Gasteiger partial charge in [-0.25, -0.2) is 18.4 Å². The Morgan fingerprint density at radius 2 is 1.81 bits per heavy atom. The molecular formula is C19H16N4O2S2. The van der Waals surface area contributed by atoms with Crippen LogP contribution < -0.4 is 5.32 Å². The zero-order valence-electron chi connectivity index (χ0n) is 14.7. The average Bonchev–Trinajstić information content (AvgIpc) is 3.07. The van der Waals surface area contributed by atoms with E-state index < -0.39 is 9.84 Å². The second-order valence-corrected chi connectivity index (χ2v) is 9.16. The monoisotopic (exact) mass is 396 g/mol. The highest BCUT2D eigenvalue weighted by Crippen LogP contribution is 2.36. The van der Waals surface area contributed by atoms with Crippen LogP contribution in [0.15, 0.2) is 59.9 Å². The number of rotatable bonds is 4. The Bertz CT molecular complexity index is 1230. The normalized spacial score (nSPS) is 11.6. The summed E-state index contributed by atoms with van der Waals surface area (Å²) in [5.41, 5.74) is 2.79. The maximum Gasteiger partial charge on any atom is 0.175 e. The second kappa shape index (κ2) is 6.71. The summed E-state index contributed by atoms with van der Waals surface area (Å²) in [5.74, 6) is 0.677. The van der Waals surface area contributed by atoms with Crippen molar-refractivity contribution < 1.29 is 8.42 Å². The largest absolute Gasteiger partial charge is 0.340 e. The van der Waals surface area contributed by atoms with Crippen molar-refractivity contribution in [2.24, 2.45) is 0 Å². The molecule has 27 heavy (non-hydrogen) atoms. The minimum absolute atomic E-state index is 0.283. The summed E-state index contributed by atoms with van der Waals surface area (Å²) in [6.45, 7) is 1.98. The Morgan fingerprint density at radius 3 is 2.52 bits per heavy atom. The Kier molecular flexibility index (Phi) is 4.37. The quantitative estimate of drug-likeness (QED) is 0.556. The number of thiophene rings is 1. The molecule has 8 heteroatoms. The van der Waals surface area contributed by atoms with Gasteiger partial charge in [0.25, 0.3) is 0 Å². The third-order valence-electron chi connectivity index (χ3n) is 4.15. The Balaban J connectivity index is 1.71. The third-order valence-corrected chi connectivity index (χ3v) is 6.35. The van der Waals surface area contributed by atoms with Crippen molar-refractivity contribution in [2.45, 2.75) is 11.8 Å². The molecule has 0 atom stereocenters. The highest BCUT2D eigenvalue weighted by Gasteiger charge is 2.12. The zero-order valence-corrected chi connectivity index (χ0v) is 16.3. The molecule has 0 saturated carbocycles. The molecule has 0 radical (unpaired) electrons. The van der Waals surface area contributed by atoms with Crippen LogP contribution in [0, 0.1) is 6.92 Å². The van der Waals surface area contributed by atoms with Gasteiger partial charge in [-0.05, 0) is 43.3 Å². The molecule has 6 nitrogen and oxygen atoms in total. The van der Waals surface area contributed by atoms with Gasteiger partial charge in [0.1, 0.15) is 17.0 Å². The molecule has 3 heterocycles. The van der Waals surface area contributed by atoms with Crippen LogP contribution in [-0.4, -0.2) is 29.6 Å². The topological polar surface area (TPSA) is 84.8 Å². The molecule has 1 aromatic carbocycles. The van der Waals surface area contributed by atoms with E-state index in [1.165, 1.54) is 12.6 Å². The van der Waals surface area contributed by atoms with E-state index in [1.54, 1.807) is 41.8 Å². The molecular weight excluding hydrogens is 380 g/mol. The minimum atomic E-state index is -3.22. The van der Waals surface area contributed by atoms with Gasteiger partial charge in [-0.3, -0.25) is 4.98 Å². The van der Waals surface area contributed by atoms with Crippen LogP contribution in [0.2, 0.25) is 0 Å². The first-order valence-electron chi connectivity index (χ1n) is 8.15. The first kappa shape index (κ1) is 17.6. The summed E-state index contributed by atoms with van der Waals surface area (Å²) in [6, 6.07) is 12.6. The van der Waals surface area contributed by atoms with Crippen molar-refractivity contribution >= 4 is 42.9 Å². The molecule has 0 aliphatic heterocycles. The Hall–Kier alpha value is -2.84. The number of fused-ring (bicyclic) bond motifs is 1. The van der Waals surface area contributed by atoms with Crippen LogP contribution in [0.5, 0.6) is 0 Å². The highest BCUT2D eigenvalue weighted by molar-refractivity contribution is 7.90. The van der Waals surface area contributed by atoms with Crippen molar-refractivity contribution in [3.63, 3.8) is 0 Å². The number of hydrogen-bond donors (Lipinski definition) is 1. The van der Waals surface area contributed by atoms with E-state index in [0.717, 1.165) is 32.0 Å². The van der Waals surface area contributed by atoms with Gasteiger partial charge in [0.15, 0.2) is 9.84 Å². The molecule has 0 saturated heterocycles. The fourth-order valence-corrected chi connectivity index (χ4v) is 4.46. The summed E-state index contributed by atoms with van der Waals surface area (Å²) in [6.07, 6.45) is 4.49. The van der Waals surface area contributed by atoms with Crippen molar-refractivity contribution in [1.82, 2.24) is 15.0 Å². The summed E-state index contributed by atoms with van der Waals surface area (Å²) >= 11 is 1.58. The van der Waals surface area contributed by atoms with Crippen LogP contribution in [0.4, 0.5) is 11.5 Å². The minimum Gasteiger partial charge on any atom is -0.340 e. The van der Waals surface area contributed by atoms with Crippen molar-refractivity contribution in [2.75, 3.05) is 11.6 Å². The average molecular weight is 396 g/mol. The smallest absolute Gasteiger partial charge is 0.175 e. The van der Waals surface area contributed by atoms with Crippen LogP contribution >= 0.6 is 11.3 Å². The lowest BCUT2D eigenvalue weighted by Crippen LogP contribution is -1.98. The lowest BCUT2D eigenvalue weighted by Gasteiger charge is -2.07. The molecule has 1 N–H and O–H groups in total. The van der Waals surface area contributed by atoms with E-state index in [1.807, 2.05) is 19.1 Å². The van der Waals surface area contributed by atoms with Gasteiger partial charge < -0.3 is 5.32 Å². The van der Waals surface area contributed by atoms with E-state index in [-0.39, 0.29) is 4.90 Å². The van der Waals surface area contributed by atoms with E-state index in [4.69, 9.17) is 0 Å². The van der Waals surface area contributed by atoms with Gasteiger partial charge in [-0.2, -0.15) is 0 Å². The molecule has 4 aromatic rings. The van der Waals surface area contributed by atoms with Gasteiger partial charge in [0, 0.05) is 34.3 Å². The van der Waals surface area contributed by atoms with Crippen LogP contribution in [0.25, 0.3) is 20.7 Å². The first-order chi connectivity index (χ1) is 12.9. The van der Waals surface area contributed by atoms with Crippen molar-refractivity contribution in [3.8, 4) is 10.4 Å². The molecule has 0 spiro atoms. The number of nitrogens with one attached hydrogen (secondary N) is 1. The van der Waals surface area contributed by atoms with Crippen LogP contribution in [0.3, 0.4) is 0 Å². The zero-order chi connectivity index (χ0) is 19.0. The summed E-state index contributed by atoms with van der Waals surface area (Å²) in [4.78, 5) is 15.3. The molecule has 3 aromatic heterocycles. The molecule has 0 unspecified atom stereocenters.